The predicted molar refractivity (Wildman–Crippen MR) is 26.1 cm³/mol. The second-order valence-corrected chi connectivity index (χ2v) is 1.80. The molecule has 0 aliphatic carbocycles. The summed E-state index contributed by atoms with van der Waals surface area (Å²) < 4.78 is 0. The van der Waals surface area contributed by atoms with Crippen LogP contribution in [0.5, 0.6) is 0 Å². The van der Waals surface area contributed by atoms with Crippen molar-refractivity contribution in [3.05, 3.63) is 0 Å². The molecule has 0 bridgehead atoms. The van der Waals surface area contributed by atoms with Crippen LogP contribution >= 0.6 is 0 Å². The van der Waals surface area contributed by atoms with Gasteiger partial charge in [0.2, 0.25) is 0 Å². The first-order chi connectivity index (χ1) is 2.00. The molecule has 0 aliphatic rings. The van der Waals surface area contributed by atoms with Gasteiger partial charge < -0.3 is 19.2 Å². The van der Waals surface area contributed by atoms with Gasteiger partial charge >= 0.3 is 9.05 Å². The smallest absolute Gasteiger partial charge is 0.368 e. The van der Waals surface area contributed by atoms with Crippen molar-refractivity contribution in [1.82, 2.24) is 0 Å². The van der Waals surface area contributed by atoms with Crippen LogP contribution in [0.2, 0.25) is 0 Å². The maximum atomic E-state index is 7.33. The summed E-state index contributed by atoms with van der Waals surface area (Å²) in [4.78, 5) is 29.3. The molecule has 4 N–H and O–H groups in total. The van der Waals surface area contributed by atoms with E-state index in [9.17, 15) is 0 Å². The fraction of sp³-hybridized carbons (Fsp3) is 0. The van der Waals surface area contributed by atoms with Gasteiger partial charge in [-0.15, -0.1) is 0 Å². The third kappa shape index (κ3) is 108. The van der Waals surface area contributed by atoms with Gasteiger partial charge in [0.05, 0.1) is 0 Å². The second kappa shape index (κ2) is 5.56. The molecule has 7 heteroatoms. The SMILES string of the molecule is O[Si](O)(O)O.[Li].[Mg]. The van der Waals surface area contributed by atoms with E-state index in [0.717, 1.165) is 0 Å². The van der Waals surface area contributed by atoms with Crippen molar-refractivity contribution in [2.45, 2.75) is 0 Å². The average Bonchev–Trinajstić information content (AvgIpc) is 0.722. The van der Waals surface area contributed by atoms with Gasteiger partial charge in [0.15, 0.2) is 0 Å². The summed E-state index contributed by atoms with van der Waals surface area (Å²) in [6, 6.07) is 0. The molecule has 0 aromatic rings. The predicted octanol–water partition coefficient (Wildman–Crippen LogP) is -3.37. The molecule has 3 radical (unpaired) electrons. The molecular formula is H4LiMgO4Si. The zero-order valence-corrected chi connectivity index (χ0v) is 6.41. The monoisotopic (exact) mass is 127 g/mol. The molecule has 0 saturated carbocycles. The molecular weight excluding hydrogens is 123 g/mol. The summed E-state index contributed by atoms with van der Waals surface area (Å²) in [7, 11) is -4.61. The van der Waals surface area contributed by atoms with Crippen LogP contribution in [0.3, 0.4) is 0 Å². The van der Waals surface area contributed by atoms with Gasteiger partial charge in [0.25, 0.3) is 0 Å². The largest absolute Gasteiger partial charge is 0.668 e. The molecule has 0 aliphatic heterocycles. The topological polar surface area (TPSA) is 80.9 Å². The first kappa shape index (κ1) is 15.8. The summed E-state index contributed by atoms with van der Waals surface area (Å²) in [5, 5.41) is 0. The van der Waals surface area contributed by atoms with E-state index in [-0.39, 0.29) is 41.9 Å². The minimum Gasteiger partial charge on any atom is -0.368 e. The minimum atomic E-state index is -4.61. The van der Waals surface area contributed by atoms with Gasteiger partial charge in [-0.25, -0.2) is 0 Å². The van der Waals surface area contributed by atoms with E-state index < -0.39 is 9.05 Å². The van der Waals surface area contributed by atoms with Crippen LogP contribution in [0.4, 0.5) is 0 Å². The van der Waals surface area contributed by atoms with Gasteiger partial charge in [-0.2, -0.15) is 0 Å². The summed E-state index contributed by atoms with van der Waals surface area (Å²) in [6.07, 6.45) is 0. The van der Waals surface area contributed by atoms with Gasteiger partial charge in [-0.1, -0.05) is 0 Å². The third-order valence-corrected chi connectivity index (χ3v) is 0. The van der Waals surface area contributed by atoms with E-state index >= 15 is 0 Å². The molecule has 7 heavy (non-hydrogen) atoms. The van der Waals surface area contributed by atoms with Crippen molar-refractivity contribution in [3.8, 4) is 0 Å². The fourth-order valence-electron chi connectivity index (χ4n) is 0. The van der Waals surface area contributed by atoms with E-state index in [1.807, 2.05) is 0 Å². The van der Waals surface area contributed by atoms with E-state index in [1.165, 1.54) is 0 Å². The average molecular weight is 127 g/mol. The van der Waals surface area contributed by atoms with Crippen molar-refractivity contribution in [3.63, 3.8) is 0 Å². The Morgan fingerprint density at radius 1 is 0.857 bits per heavy atom. The van der Waals surface area contributed by atoms with E-state index in [1.54, 1.807) is 0 Å². The van der Waals surface area contributed by atoms with Crippen molar-refractivity contribution in [1.29, 1.82) is 0 Å². The van der Waals surface area contributed by atoms with Crippen LogP contribution in [0, 0.1) is 0 Å². The molecule has 0 amide bonds. The number of hydrogen-bond donors (Lipinski definition) is 4. The fourth-order valence-corrected chi connectivity index (χ4v) is 0. The van der Waals surface area contributed by atoms with Crippen molar-refractivity contribution < 1.29 is 19.2 Å². The molecule has 0 rings (SSSR count). The van der Waals surface area contributed by atoms with Crippen LogP contribution < -0.4 is 0 Å². The number of rotatable bonds is 0. The van der Waals surface area contributed by atoms with Gasteiger partial charge in [0.1, 0.15) is 0 Å². The molecule has 0 aromatic carbocycles. The van der Waals surface area contributed by atoms with Crippen LogP contribution in [0.1, 0.15) is 0 Å². The molecule has 35 valence electrons. The van der Waals surface area contributed by atoms with Crippen molar-refractivity contribution >= 4 is 51.0 Å². The zero-order chi connectivity index (χ0) is 4.50. The van der Waals surface area contributed by atoms with E-state index in [0.29, 0.717) is 0 Å². The standard InChI is InChI=1S/Li.Mg.H4O4Si/c;;1-5(2,3)4/h;;1-4H. The Hall–Kier alpha value is 1.42. The summed E-state index contributed by atoms with van der Waals surface area (Å²) in [5.74, 6) is 0. The minimum absolute atomic E-state index is 0. The Labute approximate surface area is 70.0 Å². The molecule has 0 unspecified atom stereocenters. The number of hydrogen-bond acceptors (Lipinski definition) is 4. The van der Waals surface area contributed by atoms with Crippen LogP contribution in [0.25, 0.3) is 0 Å². The molecule has 0 atom stereocenters. The summed E-state index contributed by atoms with van der Waals surface area (Å²) in [6.45, 7) is 0. The Bertz CT molecular complexity index is 27.2. The maximum Gasteiger partial charge on any atom is 0.668 e. The maximum absolute atomic E-state index is 7.33. The van der Waals surface area contributed by atoms with Crippen molar-refractivity contribution in [2.75, 3.05) is 0 Å². The molecule has 0 aromatic heterocycles. The zero-order valence-electron chi connectivity index (χ0n) is 4.00. The second-order valence-electron chi connectivity index (χ2n) is 0.600. The van der Waals surface area contributed by atoms with Gasteiger partial charge in [-0.05, 0) is 0 Å². The molecule has 0 heterocycles. The van der Waals surface area contributed by atoms with Gasteiger partial charge in [0, 0.05) is 41.9 Å². The normalized spacial score (nSPS) is 8.57. The summed E-state index contributed by atoms with van der Waals surface area (Å²) >= 11 is 0. The third-order valence-electron chi connectivity index (χ3n) is 0. The molecule has 0 saturated heterocycles. The molecule has 0 fully saturated rings. The van der Waals surface area contributed by atoms with Crippen molar-refractivity contribution in [2.24, 2.45) is 0 Å². The Morgan fingerprint density at radius 3 is 0.857 bits per heavy atom. The first-order valence-electron chi connectivity index (χ1n) is 0.894. The van der Waals surface area contributed by atoms with Gasteiger partial charge in [-0.3, -0.25) is 0 Å². The Morgan fingerprint density at radius 2 is 0.857 bits per heavy atom. The first-order valence-corrected chi connectivity index (χ1v) is 2.68. The Kier molecular flexibility index (Phi) is 12.5. The van der Waals surface area contributed by atoms with Crippen LogP contribution in [-0.4, -0.2) is 70.1 Å². The van der Waals surface area contributed by atoms with E-state index in [4.69, 9.17) is 19.2 Å². The summed E-state index contributed by atoms with van der Waals surface area (Å²) in [5.41, 5.74) is 0. The quantitative estimate of drug-likeness (QED) is 0.256. The van der Waals surface area contributed by atoms with Crippen LogP contribution in [0.15, 0.2) is 0 Å². The van der Waals surface area contributed by atoms with E-state index in [2.05, 4.69) is 0 Å². The Balaban J connectivity index is -0.0000000800. The van der Waals surface area contributed by atoms with Crippen LogP contribution in [-0.2, 0) is 0 Å². The molecule has 0 spiro atoms. The molecule has 4 nitrogen and oxygen atoms in total.